The molecule has 6 rings (SSSR count). The van der Waals surface area contributed by atoms with Gasteiger partial charge in [0, 0.05) is 6.07 Å². The maximum Gasteiger partial charge on any atom is 0.453 e. The molecule has 4 aromatic carbocycles. The van der Waals surface area contributed by atoms with E-state index in [-0.39, 0.29) is 28.0 Å². The van der Waals surface area contributed by atoms with Crippen LogP contribution in [-0.4, -0.2) is 29.2 Å². The van der Waals surface area contributed by atoms with Gasteiger partial charge in [-0.1, -0.05) is 54.6 Å². The molecule has 0 fully saturated rings. The van der Waals surface area contributed by atoms with Crippen LogP contribution in [0.1, 0.15) is 26.5 Å². The van der Waals surface area contributed by atoms with Gasteiger partial charge in [0.05, 0.1) is 16.5 Å². The largest absolute Gasteiger partial charge is 0.453 e. The molecule has 1 aliphatic heterocycles. The van der Waals surface area contributed by atoms with Gasteiger partial charge in [0.2, 0.25) is 11.2 Å². The van der Waals surface area contributed by atoms with Gasteiger partial charge in [0.25, 0.3) is 17.6 Å². The van der Waals surface area contributed by atoms with E-state index in [1.165, 1.54) is 30.3 Å². The predicted molar refractivity (Wildman–Crippen MR) is 147 cm³/mol. The summed E-state index contributed by atoms with van der Waals surface area (Å²) in [5, 5.41) is -0.260. The van der Waals surface area contributed by atoms with Crippen LogP contribution in [0.5, 0.6) is 17.2 Å². The third-order valence-electron chi connectivity index (χ3n) is 6.66. The van der Waals surface area contributed by atoms with E-state index in [1.54, 1.807) is 24.3 Å². The summed E-state index contributed by atoms with van der Waals surface area (Å²) in [7, 11) is 0. The number of ether oxygens (including phenoxy) is 2. The normalized spacial score (nSPS) is 12.9. The summed E-state index contributed by atoms with van der Waals surface area (Å²) in [4.78, 5) is 51.4. The minimum Gasteiger partial charge on any atom is -0.449 e. The number of amides is 2. The lowest BCUT2D eigenvalue weighted by Crippen LogP contribution is -2.36. The molecule has 43 heavy (non-hydrogen) atoms. The Kier molecular flexibility index (Phi) is 6.77. The van der Waals surface area contributed by atoms with Crippen LogP contribution < -0.4 is 14.9 Å². The molecule has 0 radical (unpaired) electrons. The molecule has 0 unspecified atom stereocenters. The fraction of sp³-hybridized carbons (Fsp3) is 0.0625. The van der Waals surface area contributed by atoms with Gasteiger partial charge in [0.1, 0.15) is 23.6 Å². The molecule has 0 spiro atoms. The molecule has 2 amide bonds. The van der Waals surface area contributed by atoms with E-state index in [0.717, 1.165) is 23.3 Å². The van der Waals surface area contributed by atoms with E-state index in [0.29, 0.717) is 4.90 Å². The fourth-order valence-corrected chi connectivity index (χ4v) is 4.64. The second kappa shape index (κ2) is 10.6. The van der Waals surface area contributed by atoms with Crippen LogP contribution in [0.25, 0.3) is 22.1 Å². The zero-order valence-corrected chi connectivity index (χ0v) is 21.9. The van der Waals surface area contributed by atoms with Crippen molar-refractivity contribution in [2.45, 2.75) is 6.18 Å². The Morgan fingerprint density at radius 3 is 1.95 bits per heavy atom. The number of alkyl halides is 3. The van der Waals surface area contributed by atoms with Crippen molar-refractivity contribution in [1.29, 1.82) is 0 Å². The highest BCUT2D eigenvalue weighted by atomic mass is 19.4. The molecule has 0 saturated carbocycles. The maximum atomic E-state index is 14.0. The summed E-state index contributed by atoms with van der Waals surface area (Å²) in [6.45, 7) is -0.738. The summed E-state index contributed by atoms with van der Waals surface area (Å²) in [5.74, 6) is -5.41. The third kappa shape index (κ3) is 5.23. The fourth-order valence-electron chi connectivity index (χ4n) is 4.64. The monoisotopic (exact) mass is 585 g/mol. The molecule has 0 bridgehead atoms. The topological polar surface area (TPSA) is 103 Å². The number of imide groups is 1. The highest BCUT2D eigenvalue weighted by Gasteiger charge is 2.41. The van der Waals surface area contributed by atoms with Gasteiger partial charge < -0.3 is 13.9 Å². The first-order chi connectivity index (χ1) is 20.6. The number of hydrogen-bond donors (Lipinski definition) is 0. The zero-order valence-electron chi connectivity index (χ0n) is 21.9. The van der Waals surface area contributed by atoms with Crippen molar-refractivity contribution in [2.24, 2.45) is 0 Å². The minimum atomic E-state index is -5.11. The lowest BCUT2D eigenvalue weighted by molar-refractivity contribution is -0.154. The van der Waals surface area contributed by atoms with E-state index >= 15 is 0 Å². The minimum absolute atomic E-state index is 0.0180. The zero-order chi connectivity index (χ0) is 30.3. The number of fused-ring (bicyclic) bond motifs is 2. The van der Waals surface area contributed by atoms with Crippen LogP contribution in [0.4, 0.5) is 13.2 Å². The van der Waals surface area contributed by atoms with Crippen molar-refractivity contribution < 1.29 is 41.4 Å². The molecule has 5 aromatic rings. The maximum absolute atomic E-state index is 14.0. The molecule has 0 atom stereocenters. The summed E-state index contributed by atoms with van der Waals surface area (Å²) >= 11 is 0. The van der Waals surface area contributed by atoms with E-state index in [9.17, 15) is 32.3 Å². The average molecular weight is 585 g/mol. The molecule has 2 heterocycles. The number of benzene rings is 4. The molecule has 0 N–H and O–H groups in total. The highest BCUT2D eigenvalue weighted by Crippen LogP contribution is 2.39. The molecule has 1 aromatic heterocycles. The van der Waals surface area contributed by atoms with Crippen LogP contribution in [0.3, 0.4) is 0 Å². The van der Waals surface area contributed by atoms with Crippen molar-refractivity contribution in [1.82, 2.24) is 4.90 Å². The van der Waals surface area contributed by atoms with Gasteiger partial charge in [0.15, 0.2) is 0 Å². The second-order valence-corrected chi connectivity index (χ2v) is 9.45. The van der Waals surface area contributed by atoms with Gasteiger partial charge >= 0.3 is 12.1 Å². The Morgan fingerprint density at radius 2 is 1.33 bits per heavy atom. The Morgan fingerprint density at radius 1 is 0.744 bits per heavy atom. The predicted octanol–water partition coefficient (Wildman–Crippen LogP) is 6.47. The van der Waals surface area contributed by atoms with Crippen molar-refractivity contribution in [2.75, 3.05) is 6.54 Å². The number of esters is 1. The van der Waals surface area contributed by atoms with Crippen molar-refractivity contribution in [3.05, 3.63) is 124 Å². The SMILES string of the molecule is O=C(CN1C(=O)c2ccccc2C1=O)Oc1ccc2c(=O)c(Oc3ccc(-c4ccccc4)cc3)c(C(F)(F)F)oc2c1. The molecule has 214 valence electrons. The third-order valence-corrected chi connectivity index (χ3v) is 6.66. The first-order valence-electron chi connectivity index (χ1n) is 12.8. The second-order valence-electron chi connectivity index (χ2n) is 9.45. The summed E-state index contributed by atoms with van der Waals surface area (Å²) in [5.41, 5.74) is 0.338. The molecular weight excluding hydrogens is 567 g/mol. The Labute approximate surface area is 240 Å². The number of nitrogens with zero attached hydrogens (tertiary/aromatic N) is 1. The van der Waals surface area contributed by atoms with Crippen molar-refractivity contribution in [3.8, 4) is 28.4 Å². The van der Waals surface area contributed by atoms with Crippen LogP contribution >= 0.6 is 0 Å². The smallest absolute Gasteiger partial charge is 0.449 e. The lowest BCUT2D eigenvalue weighted by atomic mass is 10.1. The van der Waals surface area contributed by atoms with E-state index in [1.807, 2.05) is 30.3 Å². The van der Waals surface area contributed by atoms with E-state index in [2.05, 4.69) is 0 Å². The Hall–Kier alpha value is -5.71. The Bertz CT molecular complexity index is 1930. The standard InChI is InChI=1S/C32H18F3NO7/c33-32(34,35)29-28(42-20-12-10-19(11-13-20)18-6-2-1-3-7-18)27(38)24-15-14-21(16-25(24)43-29)41-26(37)17-36-30(39)22-8-4-5-9-23(22)31(36)40/h1-16H,17H2. The number of carbonyl (C=O) groups excluding carboxylic acids is 3. The summed E-state index contributed by atoms with van der Waals surface area (Å²) < 4.78 is 57.6. The number of hydrogen-bond acceptors (Lipinski definition) is 7. The molecule has 1 aliphatic rings. The lowest BCUT2D eigenvalue weighted by Gasteiger charge is -2.15. The van der Waals surface area contributed by atoms with Crippen LogP contribution in [0.2, 0.25) is 0 Å². The molecule has 0 aliphatic carbocycles. The highest BCUT2D eigenvalue weighted by molar-refractivity contribution is 6.22. The number of carbonyl (C=O) groups is 3. The summed E-state index contributed by atoms with van der Waals surface area (Å²) in [6, 6.07) is 24.7. The summed E-state index contributed by atoms with van der Waals surface area (Å²) in [6.07, 6.45) is -5.11. The quantitative estimate of drug-likeness (QED) is 0.128. The first kappa shape index (κ1) is 27.5. The molecule has 11 heteroatoms. The van der Waals surface area contributed by atoms with Crippen LogP contribution in [0, 0.1) is 0 Å². The van der Waals surface area contributed by atoms with Crippen molar-refractivity contribution >= 4 is 28.8 Å². The van der Waals surface area contributed by atoms with E-state index < -0.39 is 53.0 Å². The van der Waals surface area contributed by atoms with Crippen molar-refractivity contribution in [3.63, 3.8) is 0 Å². The van der Waals surface area contributed by atoms with Gasteiger partial charge in [-0.25, -0.2) is 4.79 Å². The van der Waals surface area contributed by atoms with Gasteiger partial charge in [-0.15, -0.1) is 0 Å². The number of rotatable bonds is 6. The molecule has 0 saturated heterocycles. The van der Waals surface area contributed by atoms with Gasteiger partial charge in [-0.2, -0.15) is 13.2 Å². The average Bonchev–Trinajstić information content (AvgIpc) is 3.23. The number of halogens is 3. The van der Waals surface area contributed by atoms with Crippen LogP contribution in [0.15, 0.2) is 106 Å². The molecule has 8 nitrogen and oxygen atoms in total. The first-order valence-corrected chi connectivity index (χ1v) is 12.8. The van der Waals surface area contributed by atoms with Gasteiger partial charge in [-0.05, 0) is 47.5 Å². The van der Waals surface area contributed by atoms with Gasteiger partial charge in [-0.3, -0.25) is 19.3 Å². The van der Waals surface area contributed by atoms with E-state index in [4.69, 9.17) is 13.9 Å². The van der Waals surface area contributed by atoms with Crippen LogP contribution in [-0.2, 0) is 11.0 Å². The molecular formula is C32H18F3NO7. The Balaban J connectivity index is 1.26.